The SMILES string of the molecule is Cl.NCc1ccc(CNC(=O)C2(C3CCCCO3)CCC2)c(F)c1. The first-order valence-corrected chi connectivity index (χ1v) is 8.53. The number of halogens is 2. The second-order valence-corrected chi connectivity index (χ2v) is 6.68. The largest absolute Gasteiger partial charge is 0.377 e. The number of nitrogens with two attached hydrogens (primary N) is 1. The van der Waals surface area contributed by atoms with Crippen LogP contribution in [0, 0.1) is 11.2 Å². The molecule has 1 atom stereocenters. The maximum atomic E-state index is 14.0. The molecule has 1 amide bonds. The van der Waals surface area contributed by atoms with Crippen LogP contribution in [0.3, 0.4) is 0 Å². The molecule has 1 saturated carbocycles. The number of carbonyl (C=O) groups excluding carboxylic acids is 1. The van der Waals surface area contributed by atoms with Gasteiger partial charge in [0.2, 0.25) is 5.91 Å². The van der Waals surface area contributed by atoms with E-state index in [-0.39, 0.29) is 36.8 Å². The second-order valence-electron chi connectivity index (χ2n) is 6.68. The van der Waals surface area contributed by atoms with Gasteiger partial charge in [0.1, 0.15) is 5.82 Å². The van der Waals surface area contributed by atoms with Gasteiger partial charge in [0.15, 0.2) is 0 Å². The molecule has 0 bridgehead atoms. The zero-order valence-corrected chi connectivity index (χ0v) is 14.7. The lowest BCUT2D eigenvalue weighted by Crippen LogP contribution is -2.54. The van der Waals surface area contributed by atoms with Crippen molar-refractivity contribution in [1.29, 1.82) is 0 Å². The van der Waals surface area contributed by atoms with Gasteiger partial charge in [0, 0.05) is 25.3 Å². The van der Waals surface area contributed by atoms with Crippen molar-refractivity contribution in [2.45, 2.75) is 57.7 Å². The number of amides is 1. The van der Waals surface area contributed by atoms with E-state index in [0.29, 0.717) is 12.1 Å². The molecule has 1 unspecified atom stereocenters. The van der Waals surface area contributed by atoms with Crippen LogP contribution in [0.4, 0.5) is 4.39 Å². The van der Waals surface area contributed by atoms with Gasteiger partial charge in [-0.3, -0.25) is 4.79 Å². The van der Waals surface area contributed by atoms with Crippen LogP contribution in [0.25, 0.3) is 0 Å². The zero-order chi connectivity index (χ0) is 16.3. The van der Waals surface area contributed by atoms with Crippen molar-refractivity contribution in [1.82, 2.24) is 5.32 Å². The van der Waals surface area contributed by atoms with E-state index in [0.717, 1.165) is 50.7 Å². The van der Waals surface area contributed by atoms with Crippen LogP contribution in [-0.4, -0.2) is 18.6 Å². The van der Waals surface area contributed by atoms with Crippen molar-refractivity contribution in [2.24, 2.45) is 11.1 Å². The number of hydrogen-bond donors (Lipinski definition) is 2. The zero-order valence-electron chi connectivity index (χ0n) is 13.9. The Labute approximate surface area is 148 Å². The summed E-state index contributed by atoms with van der Waals surface area (Å²) in [5.74, 6) is -0.303. The minimum atomic E-state index is -0.395. The maximum absolute atomic E-state index is 14.0. The molecule has 1 aliphatic heterocycles. The Morgan fingerprint density at radius 1 is 1.33 bits per heavy atom. The minimum Gasteiger partial charge on any atom is -0.377 e. The molecule has 3 rings (SSSR count). The van der Waals surface area contributed by atoms with Crippen molar-refractivity contribution in [2.75, 3.05) is 6.61 Å². The van der Waals surface area contributed by atoms with Gasteiger partial charge in [-0.1, -0.05) is 18.6 Å². The Hall–Kier alpha value is -1.17. The Bertz CT molecular complexity index is 572. The minimum absolute atomic E-state index is 0. The first-order valence-electron chi connectivity index (χ1n) is 8.53. The van der Waals surface area contributed by atoms with Crippen molar-refractivity contribution < 1.29 is 13.9 Å². The van der Waals surface area contributed by atoms with E-state index in [1.54, 1.807) is 12.1 Å². The van der Waals surface area contributed by atoms with E-state index in [9.17, 15) is 9.18 Å². The highest BCUT2D eigenvalue weighted by Gasteiger charge is 2.51. The van der Waals surface area contributed by atoms with Crippen LogP contribution in [0.15, 0.2) is 18.2 Å². The van der Waals surface area contributed by atoms with E-state index in [1.807, 2.05) is 0 Å². The summed E-state index contributed by atoms with van der Waals surface area (Å²) in [4.78, 5) is 12.7. The van der Waals surface area contributed by atoms with E-state index in [1.165, 1.54) is 6.07 Å². The van der Waals surface area contributed by atoms with Gasteiger partial charge in [-0.2, -0.15) is 0 Å². The summed E-state index contributed by atoms with van der Waals surface area (Å²) in [5, 5.41) is 2.93. The quantitative estimate of drug-likeness (QED) is 0.852. The third kappa shape index (κ3) is 3.73. The topological polar surface area (TPSA) is 64.3 Å². The Kier molecular flexibility index (Phi) is 6.61. The summed E-state index contributed by atoms with van der Waals surface area (Å²) in [7, 11) is 0. The summed E-state index contributed by atoms with van der Waals surface area (Å²) in [6, 6.07) is 4.93. The second kappa shape index (κ2) is 8.28. The summed E-state index contributed by atoms with van der Waals surface area (Å²) in [5.41, 5.74) is 6.36. The Morgan fingerprint density at radius 3 is 2.67 bits per heavy atom. The van der Waals surface area contributed by atoms with E-state index in [4.69, 9.17) is 10.5 Å². The highest BCUT2D eigenvalue weighted by atomic mass is 35.5. The highest BCUT2D eigenvalue weighted by molar-refractivity contribution is 5.85. The van der Waals surface area contributed by atoms with Crippen LogP contribution in [-0.2, 0) is 22.6 Å². The first-order chi connectivity index (χ1) is 11.2. The molecular weight excluding hydrogens is 331 g/mol. The fourth-order valence-electron chi connectivity index (χ4n) is 3.64. The maximum Gasteiger partial charge on any atom is 0.229 e. The molecule has 0 aromatic heterocycles. The van der Waals surface area contributed by atoms with Crippen LogP contribution in [0.5, 0.6) is 0 Å². The third-order valence-electron chi connectivity index (χ3n) is 5.29. The predicted molar refractivity (Wildman–Crippen MR) is 93.3 cm³/mol. The highest BCUT2D eigenvalue weighted by Crippen LogP contribution is 2.47. The first kappa shape index (κ1) is 19.2. The molecule has 0 spiro atoms. The third-order valence-corrected chi connectivity index (χ3v) is 5.29. The monoisotopic (exact) mass is 356 g/mol. The van der Waals surface area contributed by atoms with Gasteiger partial charge in [0.25, 0.3) is 0 Å². The fraction of sp³-hybridized carbons (Fsp3) is 0.611. The van der Waals surface area contributed by atoms with Gasteiger partial charge in [0.05, 0.1) is 11.5 Å². The molecule has 134 valence electrons. The smallest absolute Gasteiger partial charge is 0.229 e. The standard InChI is InChI=1S/C18H25FN2O2.ClH/c19-15-10-13(11-20)5-6-14(15)12-21-17(22)18(7-3-8-18)16-4-1-2-9-23-16;/h5-6,10,16H,1-4,7-9,11-12,20H2,(H,21,22);1H. The number of ether oxygens (including phenoxy) is 1. The number of nitrogens with one attached hydrogen (secondary N) is 1. The molecule has 1 aliphatic carbocycles. The van der Waals surface area contributed by atoms with Gasteiger partial charge in [-0.05, 0) is 43.7 Å². The summed E-state index contributed by atoms with van der Waals surface area (Å²) < 4.78 is 19.9. The van der Waals surface area contributed by atoms with Gasteiger partial charge < -0.3 is 15.8 Å². The molecule has 4 nitrogen and oxygen atoms in total. The van der Waals surface area contributed by atoms with Gasteiger partial charge >= 0.3 is 0 Å². The lowest BCUT2D eigenvalue weighted by Gasteiger charge is -2.47. The van der Waals surface area contributed by atoms with Crippen LogP contribution in [0.2, 0.25) is 0 Å². The number of hydrogen-bond acceptors (Lipinski definition) is 3. The fourth-order valence-corrected chi connectivity index (χ4v) is 3.64. The molecule has 1 aromatic rings. The number of rotatable bonds is 5. The summed E-state index contributed by atoms with van der Waals surface area (Å²) in [6.45, 7) is 1.27. The number of benzene rings is 1. The Morgan fingerprint density at radius 2 is 2.12 bits per heavy atom. The Balaban J connectivity index is 0.00000208. The molecule has 6 heteroatoms. The summed E-state index contributed by atoms with van der Waals surface area (Å²) >= 11 is 0. The van der Waals surface area contributed by atoms with E-state index in [2.05, 4.69) is 5.32 Å². The molecule has 1 aromatic carbocycles. The predicted octanol–water partition coefficient (Wildman–Crippen LogP) is 3.06. The van der Waals surface area contributed by atoms with Crippen molar-refractivity contribution in [3.8, 4) is 0 Å². The molecule has 0 radical (unpaired) electrons. The van der Waals surface area contributed by atoms with Crippen LogP contribution >= 0.6 is 12.4 Å². The van der Waals surface area contributed by atoms with Crippen molar-refractivity contribution >= 4 is 18.3 Å². The molecule has 24 heavy (non-hydrogen) atoms. The van der Waals surface area contributed by atoms with E-state index < -0.39 is 5.41 Å². The van der Waals surface area contributed by atoms with Gasteiger partial charge in [-0.25, -0.2) is 4.39 Å². The molecular formula is C18H26ClFN2O2. The van der Waals surface area contributed by atoms with Crippen LogP contribution in [0.1, 0.15) is 49.7 Å². The lowest BCUT2D eigenvalue weighted by molar-refractivity contribution is -0.157. The average Bonchev–Trinajstić information content (AvgIpc) is 2.53. The normalized spacial score (nSPS) is 22.2. The summed E-state index contributed by atoms with van der Waals surface area (Å²) in [6.07, 6.45) is 5.98. The molecule has 1 saturated heterocycles. The molecule has 3 N–H and O–H groups in total. The molecule has 2 fully saturated rings. The van der Waals surface area contributed by atoms with E-state index >= 15 is 0 Å². The average molecular weight is 357 g/mol. The van der Waals surface area contributed by atoms with Crippen molar-refractivity contribution in [3.05, 3.63) is 35.1 Å². The van der Waals surface area contributed by atoms with Gasteiger partial charge in [-0.15, -0.1) is 12.4 Å². The van der Waals surface area contributed by atoms with Crippen LogP contribution < -0.4 is 11.1 Å². The molecule has 2 aliphatic rings. The van der Waals surface area contributed by atoms with Crippen molar-refractivity contribution in [3.63, 3.8) is 0 Å². The lowest BCUT2D eigenvalue weighted by atomic mass is 9.63. The number of carbonyl (C=O) groups is 1. The molecule has 1 heterocycles.